The van der Waals surface area contributed by atoms with Crippen LogP contribution >= 0.6 is 0 Å². The van der Waals surface area contributed by atoms with Crippen molar-refractivity contribution in [1.82, 2.24) is 14.8 Å². The molecule has 0 spiro atoms. The fraction of sp³-hybridized carbons (Fsp3) is 0.350. The van der Waals surface area contributed by atoms with Gasteiger partial charge in [0.15, 0.2) is 0 Å². The van der Waals surface area contributed by atoms with Gasteiger partial charge in [-0.05, 0) is 50.2 Å². The van der Waals surface area contributed by atoms with Crippen LogP contribution in [0.5, 0.6) is 5.75 Å². The molecule has 142 valence electrons. The summed E-state index contributed by atoms with van der Waals surface area (Å²) in [7, 11) is 0. The number of amides is 2. The van der Waals surface area contributed by atoms with Gasteiger partial charge in [0.2, 0.25) is 6.41 Å². The molecule has 1 fully saturated rings. The minimum atomic E-state index is -0.109. The second-order valence-electron chi connectivity index (χ2n) is 6.68. The third-order valence-electron chi connectivity index (χ3n) is 4.25. The molecule has 0 atom stereocenters. The lowest BCUT2D eigenvalue weighted by molar-refractivity contribution is -0.119. The van der Waals surface area contributed by atoms with Gasteiger partial charge in [-0.25, -0.2) is 4.98 Å². The molecule has 0 unspecified atom stereocenters. The molecular formula is C20H24N4O3. The van der Waals surface area contributed by atoms with Gasteiger partial charge in [0.25, 0.3) is 5.91 Å². The number of benzene rings is 1. The molecule has 1 aromatic heterocycles. The van der Waals surface area contributed by atoms with Crippen molar-refractivity contribution in [2.75, 3.05) is 31.5 Å². The van der Waals surface area contributed by atoms with Gasteiger partial charge in [0, 0.05) is 31.9 Å². The van der Waals surface area contributed by atoms with Crippen molar-refractivity contribution >= 4 is 23.7 Å². The number of rotatable bonds is 6. The fourth-order valence-electron chi connectivity index (χ4n) is 2.84. The van der Waals surface area contributed by atoms with Crippen molar-refractivity contribution in [3.05, 3.63) is 48.3 Å². The average molecular weight is 368 g/mol. The van der Waals surface area contributed by atoms with Crippen LogP contribution in [0, 0.1) is 0 Å². The van der Waals surface area contributed by atoms with Gasteiger partial charge in [0.1, 0.15) is 11.4 Å². The van der Waals surface area contributed by atoms with Gasteiger partial charge in [-0.1, -0.05) is 0 Å². The first-order chi connectivity index (χ1) is 13.0. The summed E-state index contributed by atoms with van der Waals surface area (Å²) >= 11 is 0. The van der Waals surface area contributed by atoms with Crippen molar-refractivity contribution in [2.24, 2.45) is 0 Å². The molecule has 1 aromatic carbocycles. The summed E-state index contributed by atoms with van der Waals surface area (Å²) in [6.07, 6.45) is 2.61. The maximum Gasteiger partial charge on any atom is 0.272 e. The Balaban J connectivity index is 1.58. The third-order valence-corrected chi connectivity index (χ3v) is 4.25. The normalized spacial score (nSPS) is 14.2. The molecule has 2 aromatic rings. The van der Waals surface area contributed by atoms with Crippen LogP contribution in [0.3, 0.4) is 0 Å². The van der Waals surface area contributed by atoms with Crippen LogP contribution in [0.15, 0.2) is 42.6 Å². The quantitative estimate of drug-likeness (QED) is 0.793. The monoisotopic (exact) mass is 368 g/mol. The number of hydrogen-bond acceptors (Lipinski definition) is 5. The molecule has 1 aliphatic rings. The minimum absolute atomic E-state index is 0.109. The number of hydrogen-bond donors (Lipinski definition) is 1. The Kier molecular flexibility index (Phi) is 5.90. The molecule has 27 heavy (non-hydrogen) atoms. The van der Waals surface area contributed by atoms with Gasteiger partial charge in [-0.3, -0.25) is 9.59 Å². The summed E-state index contributed by atoms with van der Waals surface area (Å²) in [5.41, 5.74) is 2.12. The molecule has 0 saturated carbocycles. The van der Waals surface area contributed by atoms with E-state index >= 15 is 0 Å². The SMILES string of the molecule is CC(C)Oc1ccc(Nc2ccc(C(=O)N3CCN(C=O)CC3)nc2)cc1. The highest BCUT2D eigenvalue weighted by molar-refractivity contribution is 5.92. The molecule has 7 heteroatoms. The number of ether oxygens (including phenoxy) is 1. The second kappa shape index (κ2) is 8.53. The van der Waals surface area contributed by atoms with Crippen LogP contribution < -0.4 is 10.1 Å². The topological polar surface area (TPSA) is 74.8 Å². The van der Waals surface area contributed by atoms with E-state index in [0.717, 1.165) is 23.5 Å². The zero-order valence-corrected chi connectivity index (χ0v) is 15.6. The van der Waals surface area contributed by atoms with E-state index in [-0.39, 0.29) is 12.0 Å². The Labute approximate surface area is 158 Å². The molecule has 0 bridgehead atoms. The van der Waals surface area contributed by atoms with Gasteiger partial charge < -0.3 is 19.9 Å². The van der Waals surface area contributed by atoms with E-state index in [0.29, 0.717) is 31.9 Å². The third kappa shape index (κ3) is 4.97. The van der Waals surface area contributed by atoms with Crippen molar-refractivity contribution in [1.29, 1.82) is 0 Å². The predicted octanol–water partition coefficient (Wildman–Crippen LogP) is 2.53. The van der Waals surface area contributed by atoms with Crippen molar-refractivity contribution in [3.8, 4) is 5.75 Å². The lowest BCUT2D eigenvalue weighted by Crippen LogP contribution is -2.48. The predicted molar refractivity (Wildman–Crippen MR) is 103 cm³/mol. The zero-order valence-electron chi connectivity index (χ0n) is 15.6. The first-order valence-corrected chi connectivity index (χ1v) is 9.03. The standard InChI is InChI=1S/C20H24N4O3/c1-15(2)27-18-6-3-16(4-7-18)22-17-5-8-19(21-13-17)20(26)24-11-9-23(14-25)10-12-24/h3-8,13-15,22H,9-12H2,1-2H3. The molecule has 2 heterocycles. The first-order valence-electron chi connectivity index (χ1n) is 9.03. The Bertz CT molecular complexity index is 767. The number of anilines is 2. The van der Waals surface area contributed by atoms with Crippen LogP contribution in [0.4, 0.5) is 11.4 Å². The summed E-state index contributed by atoms with van der Waals surface area (Å²) in [5, 5.41) is 3.26. The number of nitrogens with one attached hydrogen (secondary N) is 1. The number of carbonyl (C=O) groups is 2. The first kappa shape index (κ1) is 18.7. The van der Waals surface area contributed by atoms with E-state index in [9.17, 15) is 9.59 Å². The van der Waals surface area contributed by atoms with E-state index in [1.54, 1.807) is 22.1 Å². The lowest BCUT2D eigenvalue weighted by Gasteiger charge is -2.32. The molecule has 2 amide bonds. The Hall–Kier alpha value is -3.09. The van der Waals surface area contributed by atoms with Crippen LogP contribution in [-0.4, -0.2) is 59.4 Å². The number of piperazine rings is 1. The van der Waals surface area contributed by atoms with Crippen molar-refractivity contribution in [3.63, 3.8) is 0 Å². The molecule has 0 radical (unpaired) electrons. The second-order valence-corrected chi connectivity index (χ2v) is 6.68. The minimum Gasteiger partial charge on any atom is -0.491 e. The van der Waals surface area contributed by atoms with Gasteiger partial charge in [-0.15, -0.1) is 0 Å². The van der Waals surface area contributed by atoms with Gasteiger partial charge in [-0.2, -0.15) is 0 Å². The number of pyridine rings is 1. The fourth-order valence-corrected chi connectivity index (χ4v) is 2.84. The Morgan fingerprint density at radius 2 is 1.74 bits per heavy atom. The lowest BCUT2D eigenvalue weighted by atomic mass is 10.2. The summed E-state index contributed by atoms with van der Waals surface area (Å²) in [6, 6.07) is 11.2. The van der Waals surface area contributed by atoms with Crippen molar-refractivity contribution in [2.45, 2.75) is 20.0 Å². The maximum atomic E-state index is 12.5. The summed E-state index contributed by atoms with van der Waals surface area (Å²) in [5.74, 6) is 0.714. The number of aromatic nitrogens is 1. The molecule has 7 nitrogen and oxygen atoms in total. The number of nitrogens with zero attached hydrogens (tertiary/aromatic N) is 3. The highest BCUT2D eigenvalue weighted by Gasteiger charge is 2.22. The Morgan fingerprint density at radius 1 is 1.07 bits per heavy atom. The van der Waals surface area contributed by atoms with E-state index in [1.807, 2.05) is 44.2 Å². The van der Waals surface area contributed by atoms with Crippen LogP contribution in [0.25, 0.3) is 0 Å². The molecule has 1 N–H and O–H groups in total. The largest absolute Gasteiger partial charge is 0.491 e. The van der Waals surface area contributed by atoms with E-state index in [1.165, 1.54) is 0 Å². The van der Waals surface area contributed by atoms with E-state index in [4.69, 9.17) is 4.74 Å². The number of carbonyl (C=O) groups excluding carboxylic acids is 2. The maximum absolute atomic E-state index is 12.5. The van der Waals surface area contributed by atoms with E-state index in [2.05, 4.69) is 10.3 Å². The molecule has 0 aliphatic carbocycles. The summed E-state index contributed by atoms with van der Waals surface area (Å²) in [6.45, 7) is 6.16. The highest BCUT2D eigenvalue weighted by Crippen LogP contribution is 2.20. The van der Waals surface area contributed by atoms with E-state index < -0.39 is 0 Å². The van der Waals surface area contributed by atoms with Gasteiger partial charge >= 0.3 is 0 Å². The summed E-state index contributed by atoms with van der Waals surface area (Å²) < 4.78 is 5.63. The molecule has 3 rings (SSSR count). The molecule has 1 aliphatic heterocycles. The Morgan fingerprint density at radius 3 is 2.30 bits per heavy atom. The zero-order chi connectivity index (χ0) is 19.2. The average Bonchev–Trinajstić information content (AvgIpc) is 2.69. The summed E-state index contributed by atoms with van der Waals surface area (Å²) in [4.78, 5) is 30.9. The highest BCUT2D eigenvalue weighted by atomic mass is 16.5. The van der Waals surface area contributed by atoms with Gasteiger partial charge in [0.05, 0.1) is 18.0 Å². The molecular weight excluding hydrogens is 344 g/mol. The van der Waals surface area contributed by atoms with Crippen molar-refractivity contribution < 1.29 is 14.3 Å². The molecule has 1 saturated heterocycles. The van der Waals surface area contributed by atoms with Crippen LogP contribution in [-0.2, 0) is 4.79 Å². The van der Waals surface area contributed by atoms with Crippen LogP contribution in [0.2, 0.25) is 0 Å². The van der Waals surface area contributed by atoms with Crippen LogP contribution in [0.1, 0.15) is 24.3 Å². The smallest absolute Gasteiger partial charge is 0.272 e.